The average Bonchev–Trinajstić information content (AvgIpc) is 2.55. The number of amides is 1. The SMILES string of the molecule is CN(CC(N)=O)Cc1ccc2oc(=O)[nH]c2c1. The molecule has 6 nitrogen and oxygen atoms in total. The van der Waals surface area contributed by atoms with Gasteiger partial charge in [-0.3, -0.25) is 14.7 Å². The van der Waals surface area contributed by atoms with Gasteiger partial charge in [-0.2, -0.15) is 0 Å². The zero-order chi connectivity index (χ0) is 12.4. The van der Waals surface area contributed by atoms with Gasteiger partial charge in [-0.1, -0.05) is 6.07 Å². The molecule has 0 bridgehead atoms. The van der Waals surface area contributed by atoms with Crippen LogP contribution in [0.3, 0.4) is 0 Å². The minimum absolute atomic E-state index is 0.194. The highest BCUT2D eigenvalue weighted by molar-refractivity contribution is 5.76. The number of H-pyrrole nitrogens is 1. The first-order valence-electron chi connectivity index (χ1n) is 5.13. The summed E-state index contributed by atoms with van der Waals surface area (Å²) in [5, 5.41) is 0. The van der Waals surface area contributed by atoms with Crippen LogP contribution in [0.4, 0.5) is 0 Å². The van der Waals surface area contributed by atoms with Crippen molar-refractivity contribution in [3.8, 4) is 0 Å². The Bertz CT molecular complexity index is 599. The number of benzene rings is 1. The fourth-order valence-corrected chi connectivity index (χ4v) is 1.73. The lowest BCUT2D eigenvalue weighted by molar-refractivity contribution is -0.118. The van der Waals surface area contributed by atoms with Crippen molar-refractivity contribution >= 4 is 17.0 Å². The standard InChI is InChI=1S/C11H13N3O3/c1-14(6-10(12)15)5-7-2-3-9-8(4-7)13-11(16)17-9/h2-4H,5-6H2,1H3,(H2,12,15)(H,13,16). The Hall–Kier alpha value is -2.08. The van der Waals surface area contributed by atoms with E-state index in [1.54, 1.807) is 18.0 Å². The van der Waals surface area contributed by atoms with Gasteiger partial charge in [0.1, 0.15) is 0 Å². The number of hydrogen-bond donors (Lipinski definition) is 2. The lowest BCUT2D eigenvalue weighted by Crippen LogP contribution is -2.30. The summed E-state index contributed by atoms with van der Waals surface area (Å²) in [5.74, 6) is -0.840. The van der Waals surface area contributed by atoms with E-state index in [-0.39, 0.29) is 12.5 Å². The van der Waals surface area contributed by atoms with Crippen LogP contribution in [0.15, 0.2) is 27.4 Å². The number of aromatic amines is 1. The average molecular weight is 235 g/mol. The van der Waals surface area contributed by atoms with Gasteiger partial charge in [-0.15, -0.1) is 0 Å². The van der Waals surface area contributed by atoms with Crippen molar-refractivity contribution in [2.24, 2.45) is 5.73 Å². The summed E-state index contributed by atoms with van der Waals surface area (Å²) >= 11 is 0. The monoisotopic (exact) mass is 235 g/mol. The van der Waals surface area contributed by atoms with Crippen LogP contribution in [0, 0.1) is 0 Å². The number of rotatable bonds is 4. The number of primary amides is 1. The Morgan fingerprint density at radius 2 is 2.29 bits per heavy atom. The van der Waals surface area contributed by atoms with Gasteiger partial charge < -0.3 is 10.2 Å². The minimum atomic E-state index is -0.470. The van der Waals surface area contributed by atoms with Crippen LogP contribution in [-0.2, 0) is 11.3 Å². The van der Waals surface area contributed by atoms with Gasteiger partial charge in [-0.05, 0) is 24.7 Å². The van der Waals surface area contributed by atoms with Crippen LogP contribution in [0.1, 0.15) is 5.56 Å². The number of nitrogens with two attached hydrogens (primary N) is 1. The Labute approximate surface area is 97.0 Å². The number of likely N-dealkylation sites (N-methyl/N-ethyl adjacent to an activating group) is 1. The van der Waals surface area contributed by atoms with Gasteiger partial charge in [-0.25, -0.2) is 4.79 Å². The Morgan fingerprint density at radius 3 is 3.00 bits per heavy atom. The zero-order valence-electron chi connectivity index (χ0n) is 9.40. The van der Waals surface area contributed by atoms with E-state index in [0.29, 0.717) is 17.6 Å². The van der Waals surface area contributed by atoms with E-state index in [0.717, 1.165) is 5.56 Å². The van der Waals surface area contributed by atoms with E-state index < -0.39 is 5.76 Å². The first-order valence-corrected chi connectivity index (χ1v) is 5.13. The van der Waals surface area contributed by atoms with Crippen molar-refractivity contribution in [1.82, 2.24) is 9.88 Å². The van der Waals surface area contributed by atoms with Crippen molar-refractivity contribution in [2.75, 3.05) is 13.6 Å². The molecule has 0 atom stereocenters. The summed E-state index contributed by atoms with van der Waals surface area (Å²) < 4.78 is 4.89. The second-order valence-electron chi connectivity index (χ2n) is 3.98. The second kappa shape index (κ2) is 4.42. The number of oxazole rings is 1. The van der Waals surface area contributed by atoms with Crippen LogP contribution >= 0.6 is 0 Å². The molecule has 2 aromatic rings. The number of fused-ring (bicyclic) bond motifs is 1. The molecule has 17 heavy (non-hydrogen) atoms. The van der Waals surface area contributed by atoms with E-state index in [9.17, 15) is 9.59 Å². The molecular weight excluding hydrogens is 222 g/mol. The highest BCUT2D eigenvalue weighted by Crippen LogP contribution is 2.13. The van der Waals surface area contributed by atoms with Gasteiger partial charge in [0.2, 0.25) is 5.91 Å². The third kappa shape index (κ3) is 2.73. The predicted molar refractivity (Wildman–Crippen MR) is 62.4 cm³/mol. The molecule has 0 aliphatic rings. The molecule has 0 aliphatic carbocycles. The number of nitrogens with zero attached hydrogens (tertiary/aromatic N) is 1. The molecule has 0 fully saturated rings. The van der Waals surface area contributed by atoms with Gasteiger partial charge in [0.05, 0.1) is 12.1 Å². The lowest BCUT2D eigenvalue weighted by atomic mass is 10.2. The molecule has 6 heteroatoms. The Balaban J connectivity index is 2.18. The van der Waals surface area contributed by atoms with Crippen LogP contribution < -0.4 is 11.5 Å². The van der Waals surface area contributed by atoms with Gasteiger partial charge in [0, 0.05) is 6.54 Å². The highest BCUT2D eigenvalue weighted by Gasteiger charge is 2.06. The number of hydrogen-bond acceptors (Lipinski definition) is 4. The predicted octanol–water partition coefficient (Wildman–Crippen LogP) is 0.0382. The molecule has 0 aliphatic heterocycles. The summed E-state index contributed by atoms with van der Waals surface area (Å²) in [6.45, 7) is 0.770. The van der Waals surface area contributed by atoms with Crippen molar-refractivity contribution in [3.63, 3.8) is 0 Å². The van der Waals surface area contributed by atoms with Crippen molar-refractivity contribution in [3.05, 3.63) is 34.3 Å². The summed E-state index contributed by atoms with van der Waals surface area (Å²) in [6.07, 6.45) is 0. The normalized spacial score (nSPS) is 11.2. The topological polar surface area (TPSA) is 92.3 Å². The summed E-state index contributed by atoms with van der Waals surface area (Å²) in [4.78, 5) is 26.1. The molecule has 0 radical (unpaired) electrons. The molecule has 1 amide bonds. The second-order valence-corrected chi connectivity index (χ2v) is 3.98. The maximum absolute atomic E-state index is 11.0. The van der Waals surface area contributed by atoms with Crippen molar-refractivity contribution in [1.29, 1.82) is 0 Å². The molecular formula is C11H13N3O3. The molecule has 0 saturated heterocycles. The van der Waals surface area contributed by atoms with Crippen molar-refractivity contribution < 1.29 is 9.21 Å². The minimum Gasteiger partial charge on any atom is -0.408 e. The molecule has 2 rings (SSSR count). The van der Waals surface area contributed by atoms with Crippen LogP contribution in [0.25, 0.3) is 11.1 Å². The molecule has 1 aromatic carbocycles. The number of nitrogens with one attached hydrogen (secondary N) is 1. The van der Waals surface area contributed by atoms with Crippen LogP contribution in [0.2, 0.25) is 0 Å². The molecule has 0 spiro atoms. The molecule has 3 N–H and O–H groups in total. The fraction of sp³-hybridized carbons (Fsp3) is 0.273. The maximum atomic E-state index is 11.0. The summed E-state index contributed by atoms with van der Waals surface area (Å²) in [7, 11) is 1.80. The summed E-state index contributed by atoms with van der Waals surface area (Å²) in [5.41, 5.74) is 7.25. The van der Waals surface area contributed by atoms with Crippen LogP contribution in [0.5, 0.6) is 0 Å². The van der Waals surface area contributed by atoms with Gasteiger partial charge in [0.25, 0.3) is 0 Å². The largest absolute Gasteiger partial charge is 0.417 e. The Kier molecular flexibility index (Phi) is 2.97. The van der Waals surface area contributed by atoms with E-state index in [2.05, 4.69) is 4.98 Å². The molecule has 0 saturated carbocycles. The smallest absolute Gasteiger partial charge is 0.408 e. The quantitative estimate of drug-likeness (QED) is 0.782. The third-order valence-electron chi connectivity index (χ3n) is 2.36. The lowest BCUT2D eigenvalue weighted by Gasteiger charge is -2.14. The first-order chi connectivity index (χ1) is 8.04. The molecule has 0 unspecified atom stereocenters. The zero-order valence-corrected chi connectivity index (χ0v) is 9.40. The third-order valence-corrected chi connectivity index (χ3v) is 2.36. The van der Waals surface area contributed by atoms with Gasteiger partial charge in [0.15, 0.2) is 5.58 Å². The number of carbonyl (C=O) groups excluding carboxylic acids is 1. The number of carbonyl (C=O) groups is 1. The number of aromatic nitrogens is 1. The van der Waals surface area contributed by atoms with E-state index in [1.807, 2.05) is 12.1 Å². The molecule has 1 aromatic heterocycles. The van der Waals surface area contributed by atoms with Gasteiger partial charge >= 0.3 is 5.76 Å². The van der Waals surface area contributed by atoms with Crippen LogP contribution in [-0.4, -0.2) is 29.4 Å². The maximum Gasteiger partial charge on any atom is 0.417 e. The Morgan fingerprint density at radius 1 is 1.53 bits per heavy atom. The fourth-order valence-electron chi connectivity index (χ4n) is 1.73. The summed E-state index contributed by atoms with van der Waals surface area (Å²) in [6, 6.07) is 5.38. The van der Waals surface area contributed by atoms with E-state index in [4.69, 9.17) is 10.2 Å². The van der Waals surface area contributed by atoms with Crippen molar-refractivity contribution in [2.45, 2.75) is 6.54 Å². The first kappa shape index (κ1) is 11.4. The van der Waals surface area contributed by atoms with E-state index in [1.165, 1.54) is 0 Å². The molecule has 1 heterocycles. The highest BCUT2D eigenvalue weighted by atomic mass is 16.4. The molecule has 90 valence electrons. The van der Waals surface area contributed by atoms with E-state index >= 15 is 0 Å².